The maximum atomic E-state index is 12.4. The molecule has 0 bridgehead atoms. The number of fused-ring (bicyclic) bond motifs is 1. The molecular formula is C21H20N4O2S. The third kappa shape index (κ3) is 3.94. The Balaban J connectivity index is 1.49. The zero-order valence-corrected chi connectivity index (χ0v) is 16.5. The smallest absolute Gasteiger partial charge is 0.262 e. The molecule has 0 amide bonds. The predicted molar refractivity (Wildman–Crippen MR) is 112 cm³/mol. The number of para-hydroxylation sites is 1. The summed E-state index contributed by atoms with van der Waals surface area (Å²) in [6, 6.07) is 15.8. The van der Waals surface area contributed by atoms with Crippen molar-refractivity contribution >= 4 is 22.8 Å². The Morgan fingerprint density at radius 3 is 2.61 bits per heavy atom. The molecule has 0 fully saturated rings. The van der Waals surface area contributed by atoms with Crippen molar-refractivity contribution in [3.8, 4) is 11.4 Å². The van der Waals surface area contributed by atoms with Crippen molar-refractivity contribution in [2.45, 2.75) is 19.0 Å². The number of nitrogens with one attached hydrogen (secondary N) is 1. The minimum atomic E-state index is -0.190. The van der Waals surface area contributed by atoms with Crippen LogP contribution in [-0.2, 0) is 0 Å². The lowest BCUT2D eigenvalue weighted by atomic mass is 10.1. The zero-order valence-electron chi connectivity index (χ0n) is 15.7. The van der Waals surface area contributed by atoms with Crippen LogP contribution in [0.15, 0.2) is 64.7 Å². The SMILES string of the molecule is Cc1cc(C)cc(OCCSc2nc3c(cnn3-c3ccccc3)c(=O)[nH]2)c1. The number of nitrogens with zero attached hydrogens (tertiary/aromatic N) is 3. The summed E-state index contributed by atoms with van der Waals surface area (Å²) in [4.78, 5) is 19.8. The summed E-state index contributed by atoms with van der Waals surface area (Å²) >= 11 is 1.45. The Hall–Kier alpha value is -3.06. The Morgan fingerprint density at radius 2 is 1.86 bits per heavy atom. The summed E-state index contributed by atoms with van der Waals surface area (Å²) in [6.07, 6.45) is 1.55. The fourth-order valence-electron chi connectivity index (χ4n) is 3.04. The normalized spacial score (nSPS) is 11.1. The molecule has 0 saturated heterocycles. The first kappa shape index (κ1) is 18.3. The van der Waals surface area contributed by atoms with Crippen molar-refractivity contribution in [2.75, 3.05) is 12.4 Å². The fraction of sp³-hybridized carbons (Fsp3) is 0.190. The van der Waals surface area contributed by atoms with Gasteiger partial charge in [0.1, 0.15) is 11.1 Å². The molecule has 6 nitrogen and oxygen atoms in total. The van der Waals surface area contributed by atoms with Crippen LogP contribution in [0.25, 0.3) is 16.7 Å². The predicted octanol–water partition coefficient (Wildman–Crippen LogP) is 3.90. The molecule has 0 unspecified atom stereocenters. The van der Waals surface area contributed by atoms with Gasteiger partial charge in [0, 0.05) is 5.75 Å². The van der Waals surface area contributed by atoms with Gasteiger partial charge in [-0.25, -0.2) is 9.67 Å². The van der Waals surface area contributed by atoms with E-state index in [0.29, 0.717) is 28.5 Å². The van der Waals surface area contributed by atoms with Crippen molar-refractivity contribution in [3.05, 3.63) is 76.2 Å². The van der Waals surface area contributed by atoms with Gasteiger partial charge in [0.2, 0.25) is 0 Å². The van der Waals surface area contributed by atoms with Crippen LogP contribution in [0.5, 0.6) is 5.75 Å². The third-order valence-electron chi connectivity index (χ3n) is 4.20. The molecule has 0 aliphatic heterocycles. The van der Waals surface area contributed by atoms with Crippen LogP contribution in [0.2, 0.25) is 0 Å². The average molecular weight is 392 g/mol. The number of aryl methyl sites for hydroxylation is 2. The third-order valence-corrected chi connectivity index (χ3v) is 5.04. The van der Waals surface area contributed by atoms with Gasteiger partial charge < -0.3 is 9.72 Å². The zero-order chi connectivity index (χ0) is 19.5. The molecule has 0 spiro atoms. The number of benzene rings is 2. The van der Waals surface area contributed by atoms with Crippen LogP contribution >= 0.6 is 11.8 Å². The highest BCUT2D eigenvalue weighted by Gasteiger charge is 2.11. The molecule has 0 aliphatic carbocycles. The highest BCUT2D eigenvalue weighted by Crippen LogP contribution is 2.19. The first-order chi connectivity index (χ1) is 13.6. The largest absolute Gasteiger partial charge is 0.493 e. The quantitative estimate of drug-likeness (QED) is 0.306. The van der Waals surface area contributed by atoms with E-state index < -0.39 is 0 Å². The Kier molecular flexibility index (Phi) is 5.16. The molecule has 28 heavy (non-hydrogen) atoms. The molecule has 0 atom stereocenters. The summed E-state index contributed by atoms with van der Waals surface area (Å²) < 4.78 is 7.51. The van der Waals surface area contributed by atoms with Crippen molar-refractivity contribution in [1.82, 2.24) is 19.7 Å². The molecule has 4 rings (SSSR count). The number of rotatable bonds is 6. The van der Waals surface area contributed by atoms with Crippen LogP contribution in [0.3, 0.4) is 0 Å². The average Bonchev–Trinajstić information content (AvgIpc) is 3.10. The van der Waals surface area contributed by atoms with Crippen LogP contribution < -0.4 is 10.3 Å². The lowest BCUT2D eigenvalue weighted by Gasteiger charge is -2.08. The van der Waals surface area contributed by atoms with Gasteiger partial charge in [-0.15, -0.1) is 0 Å². The summed E-state index contributed by atoms with van der Waals surface area (Å²) in [7, 11) is 0. The van der Waals surface area contributed by atoms with Gasteiger partial charge in [-0.1, -0.05) is 36.0 Å². The van der Waals surface area contributed by atoms with Gasteiger partial charge in [-0.3, -0.25) is 4.79 Å². The molecular weight excluding hydrogens is 372 g/mol. The minimum Gasteiger partial charge on any atom is -0.493 e. The number of hydrogen-bond acceptors (Lipinski definition) is 5. The van der Waals surface area contributed by atoms with Gasteiger partial charge >= 0.3 is 0 Å². The van der Waals surface area contributed by atoms with Crippen LogP contribution in [0, 0.1) is 13.8 Å². The van der Waals surface area contributed by atoms with Gasteiger partial charge in [-0.2, -0.15) is 5.10 Å². The van der Waals surface area contributed by atoms with Crippen LogP contribution in [-0.4, -0.2) is 32.1 Å². The highest BCUT2D eigenvalue weighted by atomic mass is 32.2. The van der Waals surface area contributed by atoms with E-state index in [4.69, 9.17) is 4.74 Å². The number of aromatic nitrogens is 4. The van der Waals surface area contributed by atoms with E-state index in [1.165, 1.54) is 22.9 Å². The number of H-pyrrole nitrogens is 1. The molecule has 2 aromatic carbocycles. The summed E-state index contributed by atoms with van der Waals surface area (Å²) in [5.74, 6) is 1.53. The van der Waals surface area contributed by atoms with E-state index in [-0.39, 0.29) is 5.56 Å². The van der Waals surface area contributed by atoms with E-state index in [1.54, 1.807) is 10.9 Å². The molecule has 4 aromatic rings. The summed E-state index contributed by atoms with van der Waals surface area (Å²) in [5.41, 5.74) is 3.57. The maximum Gasteiger partial charge on any atom is 0.262 e. The number of aromatic amines is 1. The lowest BCUT2D eigenvalue weighted by molar-refractivity contribution is 0.343. The number of ether oxygens (including phenoxy) is 1. The maximum absolute atomic E-state index is 12.4. The van der Waals surface area contributed by atoms with Crippen molar-refractivity contribution in [1.29, 1.82) is 0 Å². The highest BCUT2D eigenvalue weighted by molar-refractivity contribution is 7.99. The van der Waals surface area contributed by atoms with Crippen molar-refractivity contribution in [3.63, 3.8) is 0 Å². The standard InChI is InChI=1S/C21H20N4O2S/c1-14-10-15(2)12-17(11-14)27-8-9-28-21-23-19-18(20(26)24-21)13-22-25(19)16-6-4-3-5-7-16/h3-7,10-13H,8-9H2,1-2H3,(H,23,24,26). The minimum absolute atomic E-state index is 0.190. The summed E-state index contributed by atoms with van der Waals surface area (Å²) in [5, 5.41) is 5.35. The second-order valence-electron chi connectivity index (χ2n) is 6.52. The second kappa shape index (κ2) is 7.90. The molecule has 0 radical (unpaired) electrons. The van der Waals surface area contributed by atoms with Gasteiger partial charge in [0.25, 0.3) is 5.56 Å². The topological polar surface area (TPSA) is 72.8 Å². The molecule has 2 aromatic heterocycles. The molecule has 7 heteroatoms. The van der Waals surface area contributed by atoms with Crippen LogP contribution in [0.1, 0.15) is 11.1 Å². The first-order valence-corrected chi connectivity index (χ1v) is 9.96. The molecule has 0 saturated carbocycles. The first-order valence-electron chi connectivity index (χ1n) is 8.97. The van der Waals surface area contributed by atoms with Gasteiger partial charge in [-0.05, 0) is 49.2 Å². The van der Waals surface area contributed by atoms with Crippen LogP contribution in [0.4, 0.5) is 0 Å². The molecule has 0 aliphatic rings. The second-order valence-corrected chi connectivity index (χ2v) is 7.60. The lowest BCUT2D eigenvalue weighted by Crippen LogP contribution is -2.10. The van der Waals surface area contributed by atoms with E-state index in [2.05, 4.69) is 21.1 Å². The Labute approximate surface area is 166 Å². The number of hydrogen-bond donors (Lipinski definition) is 1. The Morgan fingerprint density at radius 1 is 1.11 bits per heavy atom. The van der Waals surface area contributed by atoms with Crippen molar-refractivity contribution in [2.24, 2.45) is 0 Å². The van der Waals surface area contributed by atoms with Crippen molar-refractivity contribution < 1.29 is 4.74 Å². The van der Waals surface area contributed by atoms with E-state index in [1.807, 2.05) is 56.3 Å². The van der Waals surface area contributed by atoms with Gasteiger partial charge in [0.05, 0.1) is 18.5 Å². The monoisotopic (exact) mass is 392 g/mol. The Bertz CT molecular complexity index is 1150. The molecule has 142 valence electrons. The van der Waals surface area contributed by atoms with Gasteiger partial charge in [0.15, 0.2) is 10.8 Å². The fourth-order valence-corrected chi connectivity index (χ4v) is 3.71. The van der Waals surface area contributed by atoms with E-state index in [9.17, 15) is 4.79 Å². The number of thioether (sulfide) groups is 1. The van der Waals surface area contributed by atoms with E-state index in [0.717, 1.165) is 11.4 Å². The summed E-state index contributed by atoms with van der Waals surface area (Å²) in [6.45, 7) is 4.62. The molecule has 1 N–H and O–H groups in total. The van der Waals surface area contributed by atoms with E-state index >= 15 is 0 Å². The molecule has 2 heterocycles.